The van der Waals surface area contributed by atoms with E-state index < -0.39 is 35.3 Å². The van der Waals surface area contributed by atoms with Crippen LogP contribution in [-0.4, -0.2) is 16.1 Å². The lowest BCUT2D eigenvalue weighted by Crippen LogP contribution is -2.08. The Morgan fingerprint density at radius 2 is 2.14 bits per heavy atom. The van der Waals surface area contributed by atoms with Crippen LogP contribution in [0.15, 0.2) is 6.07 Å². The van der Waals surface area contributed by atoms with Gasteiger partial charge in [-0.3, -0.25) is 0 Å². The number of carboxylic acids is 1. The Labute approximate surface area is 76.2 Å². The lowest BCUT2D eigenvalue weighted by Gasteiger charge is -2.04. The average Bonchev–Trinajstić information content (AvgIpc) is 2.07. The number of carboxylic acid groups (broad SMARTS) is 1. The molecule has 1 aromatic rings. The quantitative estimate of drug-likeness (QED) is 0.767. The van der Waals surface area contributed by atoms with Gasteiger partial charge in [-0.15, -0.1) is 0 Å². The maximum atomic E-state index is 13.0. The highest BCUT2D eigenvalue weighted by molar-refractivity contribution is 5.88. The first-order valence-electron chi connectivity index (χ1n) is 3.41. The molecule has 4 nitrogen and oxygen atoms in total. The number of halogens is 3. The van der Waals surface area contributed by atoms with Crippen LogP contribution in [0.25, 0.3) is 0 Å². The largest absolute Gasteiger partial charge is 0.478 e. The van der Waals surface area contributed by atoms with Crippen molar-refractivity contribution in [3.63, 3.8) is 0 Å². The zero-order chi connectivity index (χ0) is 10.9. The molecule has 76 valence electrons. The second-order valence-electron chi connectivity index (χ2n) is 2.40. The van der Waals surface area contributed by atoms with Gasteiger partial charge in [0.2, 0.25) is 0 Å². The Balaban J connectivity index is 3.40. The molecule has 0 aliphatic rings. The third kappa shape index (κ3) is 1.76. The van der Waals surface area contributed by atoms with Crippen molar-refractivity contribution in [2.24, 2.45) is 0 Å². The average molecular weight is 206 g/mol. The molecule has 0 saturated heterocycles. The Bertz CT molecular complexity index is 381. The molecule has 0 saturated carbocycles. The van der Waals surface area contributed by atoms with E-state index in [1.807, 2.05) is 0 Å². The molecule has 1 heterocycles. The maximum absolute atomic E-state index is 13.0. The van der Waals surface area contributed by atoms with Crippen molar-refractivity contribution in [2.75, 3.05) is 5.73 Å². The molecule has 0 spiro atoms. The van der Waals surface area contributed by atoms with Crippen LogP contribution in [0.2, 0.25) is 0 Å². The van der Waals surface area contributed by atoms with Crippen LogP contribution in [0.4, 0.5) is 19.0 Å². The third-order valence-electron chi connectivity index (χ3n) is 1.44. The van der Waals surface area contributed by atoms with E-state index in [1.165, 1.54) is 0 Å². The number of aromatic nitrogens is 1. The van der Waals surface area contributed by atoms with Crippen molar-refractivity contribution < 1.29 is 23.1 Å². The summed E-state index contributed by atoms with van der Waals surface area (Å²) in [6, 6.07) is 0.684. The summed E-state index contributed by atoms with van der Waals surface area (Å²) >= 11 is 0. The van der Waals surface area contributed by atoms with Gasteiger partial charge in [-0.25, -0.2) is 22.9 Å². The van der Waals surface area contributed by atoms with Gasteiger partial charge in [0.1, 0.15) is 17.1 Å². The molecule has 1 rings (SSSR count). The number of aromatic carboxylic acids is 1. The zero-order valence-corrected chi connectivity index (χ0v) is 6.67. The van der Waals surface area contributed by atoms with E-state index in [4.69, 9.17) is 10.8 Å². The molecular formula is C7H5F3N2O2. The Morgan fingerprint density at radius 1 is 1.57 bits per heavy atom. The lowest BCUT2D eigenvalue weighted by atomic mass is 10.2. The van der Waals surface area contributed by atoms with Crippen molar-refractivity contribution in [3.8, 4) is 0 Å². The summed E-state index contributed by atoms with van der Waals surface area (Å²) in [5.74, 6) is -3.68. The molecule has 7 heteroatoms. The minimum atomic E-state index is -3.20. The smallest absolute Gasteiger partial charge is 0.338 e. The number of rotatable bonds is 2. The molecule has 0 aliphatic carbocycles. The van der Waals surface area contributed by atoms with E-state index in [0.717, 1.165) is 0 Å². The molecule has 0 atom stereocenters. The first-order valence-corrected chi connectivity index (χ1v) is 3.41. The van der Waals surface area contributed by atoms with E-state index >= 15 is 0 Å². The number of nitrogens with zero attached hydrogens (tertiary/aromatic N) is 1. The van der Waals surface area contributed by atoms with Crippen LogP contribution in [0.1, 0.15) is 22.5 Å². The van der Waals surface area contributed by atoms with Crippen LogP contribution in [-0.2, 0) is 0 Å². The van der Waals surface area contributed by atoms with Crippen LogP contribution in [0.3, 0.4) is 0 Å². The molecule has 0 unspecified atom stereocenters. The van der Waals surface area contributed by atoms with Gasteiger partial charge in [0.05, 0.1) is 0 Å². The van der Waals surface area contributed by atoms with E-state index in [9.17, 15) is 18.0 Å². The Kier molecular flexibility index (Phi) is 2.59. The number of hydrogen-bond donors (Lipinski definition) is 2. The van der Waals surface area contributed by atoms with Gasteiger partial charge < -0.3 is 10.8 Å². The fraction of sp³-hybridized carbons (Fsp3) is 0.143. The van der Waals surface area contributed by atoms with Crippen LogP contribution in [0, 0.1) is 5.82 Å². The number of nitrogen functional groups attached to an aromatic ring is 1. The molecule has 0 radical (unpaired) electrons. The van der Waals surface area contributed by atoms with Crippen LogP contribution >= 0.6 is 0 Å². The fourth-order valence-corrected chi connectivity index (χ4v) is 0.870. The predicted molar refractivity (Wildman–Crippen MR) is 40.5 cm³/mol. The van der Waals surface area contributed by atoms with Gasteiger partial charge in [-0.1, -0.05) is 0 Å². The molecule has 0 aliphatic heterocycles. The molecule has 0 bridgehead atoms. The molecule has 0 amide bonds. The Morgan fingerprint density at radius 3 is 2.57 bits per heavy atom. The number of carbonyl (C=O) groups is 1. The van der Waals surface area contributed by atoms with E-state index in [2.05, 4.69) is 4.98 Å². The molecule has 14 heavy (non-hydrogen) atoms. The second-order valence-corrected chi connectivity index (χ2v) is 2.40. The van der Waals surface area contributed by atoms with E-state index in [-0.39, 0.29) is 0 Å². The van der Waals surface area contributed by atoms with Gasteiger partial charge in [0.25, 0.3) is 6.43 Å². The molecule has 0 aromatic carbocycles. The van der Waals surface area contributed by atoms with Crippen molar-refractivity contribution in [3.05, 3.63) is 23.1 Å². The van der Waals surface area contributed by atoms with Gasteiger partial charge in [0.15, 0.2) is 5.82 Å². The summed E-state index contributed by atoms with van der Waals surface area (Å²) in [4.78, 5) is 13.4. The number of anilines is 1. The van der Waals surface area contributed by atoms with Crippen LogP contribution in [0.5, 0.6) is 0 Å². The summed E-state index contributed by atoms with van der Waals surface area (Å²) in [5, 5.41) is 8.43. The summed E-state index contributed by atoms with van der Waals surface area (Å²) in [6.45, 7) is 0. The highest BCUT2D eigenvalue weighted by Gasteiger charge is 2.22. The zero-order valence-electron chi connectivity index (χ0n) is 6.67. The number of pyridine rings is 1. The number of hydrogen-bond acceptors (Lipinski definition) is 3. The normalized spacial score (nSPS) is 10.6. The summed E-state index contributed by atoms with van der Waals surface area (Å²) in [6.07, 6.45) is -3.20. The lowest BCUT2D eigenvalue weighted by molar-refractivity contribution is 0.0690. The minimum Gasteiger partial charge on any atom is -0.478 e. The first kappa shape index (κ1) is 10.3. The van der Waals surface area contributed by atoms with Gasteiger partial charge in [-0.05, 0) is 6.07 Å². The second kappa shape index (κ2) is 3.52. The first-order chi connectivity index (χ1) is 6.43. The molecule has 1 aromatic heterocycles. The van der Waals surface area contributed by atoms with Crippen molar-refractivity contribution in [2.45, 2.75) is 6.43 Å². The molecule has 3 N–H and O–H groups in total. The highest BCUT2D eigenvalue weighted by atomic mass is 19.3. The van der Waals surface area contributed by atoms with Crippen molar-refractivity contribution >= 4 is 11.8 Å². The summed E-state index contributed by atoms with van der Waals surface area (Å²) in [5.41, 5.74) is 2.87. The van der Waals surface area contributed by atoms with Crippen molar-refractivity contribution in [1.29, 1.82) is 0 Å². The summed E-state index contributed by atoms with van der Waals surface area (Å²) in [7, 11) is 0. The van der Waals surface area contributed by atoms with E-state index in [0.29, 0.717) is 6.07 Å². The van der Waals surface area contributed by atoms with Crippen molar-refractivity contribution in [1.82, 2.24) is 4.98 Å². The van der Waals surface area contributed by atoms with Crippen LogP contribution < -0.4 is 5.73 Å². The minimum absolute atomic E-state index is 0.459. The highest BCUT2D eigenvalue weighted by Crippen LogP contribution is 2.23. The Hall–Kier alpha value is -1.79. The summed E-state index contributed by atoms with van der Waals surface area (Å²) < 4.78 is 37.2. The third-order valence-corrected chi connectivity index (χ3v) is 1.44. The maximum Gasteiger partial charge on any atom is 0.338 e. The standard InChI is InChI=1S/C7H5F3N2O2/c8-4-2(7(13)14)1-3(11)12-5(4)6(9)10/h1,6H,(H2,11,12)(H,13,14). The molecular weight excluding hydrogens is 201 g/mol. The predicted octanol–water partition coefficient (Wildman–Crippen LogP) is 1.44. The number of alkyl halides is 2. The number of nitrogens with two attached hydrogens (primary N) is 1. The molecule has 0 fully saturated rings. The van der Waals surface area contributed by atoms with Gasteiger partial charge in [-0.2, -0.15) is 0 Å². The van der Waals surface area contributed by atoms with Gasteiger partial charge >= 0.3 is 5.97 Å². The SMILES string of the molecule is Nc1cc(C(=O)O)c(F)c(C(F)F)n1. The van der Waals surface area contributed by atoms with Gasteiger partial charge in [0, 0.05) is 0 Å². The monoisotopic (exact) mass is 206 g/mol. The topological polar surface area (TPSA) is 76.2 Å². The fourth-order valence-electron chi connectivity index (χ4n) is 0.870. The van der Waals surface area contributed by atoms with E-state index in [1.54, 1.807) is 0 Å².